The maximum absolute atomic E-state index is 12.5. The summed E-state index contributed by atoms with van der Waals surface area (Å²) in [6.45, 7) is 0.0637. The molecule has 0 saturated carbocycles. The fourth-order valence-corrected chi connectivity index (χ4v) is 2.78. The normalized spacial score (nSPS) is 15.8. The smallest absolute Gasteiger partial charge is 0.277 e. The van der Waals surface area contributed by atoms with Gasteiger partial charge in [0.15, 0.2) is 0 Å². The number of hydrogen-bond acceptors (Lipinski definition) is 6. The fraction of sp³-hybridized carbons (Fsp3) is 0.333. The number of fused-ring (bicyclic) bond motifs is 1. The minimum Gasteiger partial charge on any atom is -0.385 e. The first-order valence-corrected chi connectivity index (χ1v) is 7.55. The third-order valence-corrected chi connectivity index (χ3v) is 4.06. The summed E-state index contributed by atoms with van der Waals surface area (Å²) in [5.74, 6) is 0.531. The number of rotatable bonds is 4. The molecule has 3 rings (SSSR count). The van der Waals surface area contributed by atoms with Crippen LogP contribution in [0.1, 0.15) is 23.9 Å². The van der Waals surface area contributed by atoms with Crippen molar-refractivity contribution in [3.8, 4) is 0 Å². The highest BCUT2D eigenvalue weighted by Crippen LogP contribution is 2.23. The van der Waals surface area contributed by atoms with Gasteiger partial charge < -0.3 is 21.4 Å². The van der Waals surface area contributed by atoms with E-state index in [0.717, 1.165) is 0 Å². The van der Waals surface area contributed by atoms with Crippen LogP contribution in [0.15, 0.2) is 27.9 Å². The van der Waals surface area contributed by atoms with Crippen LogP contribution in [0.3, 0.4) is 0 Å². The molecule has 0 radical (unpaired) electrons. The predicted molar refractivity (Wildman–Crippen MR) is 88.7 cm³/mol. The van der Waals surface area contributed by atoms with Gasteiger partial charge in [-0.15, -0.1) is 0 Å². The van der Waals surface area contributed by atoms with Gasteiger partial charge in [0.1, 0.15) is 23.4 Å². The van der Waals surface area contributed by atoms with Crippen LogP contribution in [-0.2, 0) is 17.8 Å². The van der Waals surface area contributed by atoms with Crippen LogP contribution >= 0.6 is 0 Å². The topological polar surface area (TPSA) is 135 Å². The standard InChI is InChI=1S/C15H18N6O3/c1-17-9-7-18-12-5-3-10(21(12)15(9)24)14(23)19-6-8-2-4-11(16)20-13(8)22/h2,4,7,10,17H,3,5-6H2,1H3,(H,19,23)(H3,16,20,22). The Balaban J connectivity index is 1.79. The van der Waals surface area contributed by atoms with E-state index in [0.29, 0.717) is 29.9 Å². The summed E-state index contributed by atoms with van der Waals surface area (Å²) in [6, 6.07) is 2.49. The summed E-state index contributed by atoms with van der Waals surface area (Å²) in [6.07, 6.45) is 2.53. The van der Waals surface area contributed by atoms with E-state index in [1.807, 2.05) is 0 Å². The summed E-state index contributed by atoms with van der Waals surface area (Å²) in [5.41, 5.74) is 5.60. The van der Waals surface area contributed by atoms with Gasteiger partial charge in [0.2, 0.25) is 5.91 Å². The van der Waals surface area contributed by atoms with E-state index >= 15 is 0 Å². The Hall–Kier alpha value is -3.10. The van der Waals surface area contributed by atoms with Gasteiger partial charge in [0, 0.05) is 25.6 Å². The molecule has 2 aromatic heterocycles. The number of H-pyrrole nitrogens is 1. The van der Waals surface area contributed by atoms with Crippen molar-refractivity contribution in [3.63, 3.8) is 0 Å². The minimum atomic E-state index is -0.624. The molecule has 0 saturated heterocycles. The van der Waals surface area contributed by atoms with Gasteiger partial charge in [-0.3, -0.25) is 19.0 Å². The number of pyridine rings is 1. The highest BCUT2D eigenvalue weighted by Gasteiger charge is 2.30. The lowest BCUT2D eigenvalue weighted by Gasteiger charge is -2.15. The molecular formula is C15H18N6O3. The van der Waals surface area contributed by atoms with Gasteiger partial charge in [0.25, 0.3) is 11.1 Å². The number of aryl methyl sites for hydroxylation is 1. The number of carbonyl (C=O) groups is 1. The summed E-state index contributed by atoms with van der Waals surface area (Å²) >= 11 is 0. The largest absolute Gasteiger partial charge is 0.385 e. The number of nitrogen functional groups attached to an aromatic ring is 1. The average molecular weight is 330 g/mol. The van der Waals surface area contributed by atoms with Crippen LogP contribution in [0.25, 0.3) is 0 Å². The van der Waals surface area contributed by atoms with Crippen molar-refractivity contribution in [1.82, 2.24) is 19.9 Å². The van der Waals surface area contributed by atoms with Crippen molar-refractivity contribution in [3.05, 3.63) is 50.4 Å². The van der Waals surface area contributed by atoms with Crippen LogP contribution in [0.4, 0.5) is 11.5 Å². The van der Waals surface area contributed by atoms with E-state index in [4.69, 9.17) is 5.73 Å². The Morgan fingerprint density at radius 2 is 2.25 bits per heavy atom. The summed E-state index contributed by atoms with van der Waals surface area (Å²) in [5, 5.41) is 5.47. The lowest BCUT2D eigenvalue weighted by Crippen LogP contribution is -2.37. The molecule has 1 unspecified atom stereocenters. The molecule has 0 aliphatic carbocycles. The number of anilines is 2. The monoisotopic (exact) mass is 330 g/mol. The number of nitrogens with two attached hydrogens (primary N) is 1. The quantitative estimate of drug-likeness (QED) is 0.589. The predicted octanol–water partition coefficient (Wildman–Crippen LogP) is -0.641. The van der Waals surface area contributed by atoms with Gasteiger partial charge >= 0.3 is 0 Å². The van der Waals surface area contributed by atoms with Crippen LogP contribution < -0.4 is 27.5 Å². The Morgan fingerprint density at radius 1 is 1.46 bits per heavy atom. The molecule has 1 atom stereocenters. The Kier molecular flexibility index (Phi) is 4.07. The molecule has 2 aromatic rings. The number of carbonyl (C=O) groups excluding carboxylic acids is 1. The molecular weight excluding hydrogens is 312 g/mol. The van der Waals surface area contributed by atoms with E-state index in [-0.39, 0.29) is 29.4 Å². The molecule has 0 aromatic carbocycles. The van der Waals surface area contributed by atoms with Crippen molar-refractivity contribution >= 4 is 17.4 Å². The zero-order chi connectivity index (χ0) is 17.3. The van der Waals surface area contributed by atoms with E-state index < -0.39 is 6.04 Å². The molecule has 0 bridgehead atoms. The van der Waals surface area contributed by atoms with Crippen LogP contribution in [0.2, 0.25) is 0 Å². The number of nitrogens with zero attached hydrogens (tertiary/aromatic N) is 2. The van der Waals surface area contributed by atoms with Gasteiger partial charge in [-0.25, -0.2) is 4.98 Å². The molecule has 9 nitrogen and oxygen atoms in total. The second kappa shape index (κ2) is 6.19. The van der Waals surface area contributed by atoms with Crippen LogP contribution in [0, 0.1) is 0 Å². The number of amides is 1. The van der Waals surface area contributed by atoms with Crippen molar-refractivity contribution in [2.45, 2.75) is 25.4 Å². The lowest BCUT2D eigenvalue weighted by molar-refractivity contribution is -0.124. The maximum Gasteiger partial charge on any atom is 0.277 e. The third-order valence-electron chi connectivity index (χ3n) is 4.06. The van der Waals surface area contributed by atoms with Crippen LogP contribution in [-0.4, -0.2) is 27.5 Å². The zero-order valence-corrected chi connectivity index (χ0v) is 13.1. The first-order chi connectivity index (χ1) is 11.5. The van der Waals surface area contributed by atoms with E-state index in [2.05, 4.69) is 20.6 Å². The highest BCUT2D eigenvalue weighted by atomic mass is 16.2. The second-order valence-corrected chi connectivity index (χ2v) is 5.55. The molecule has 1 aliphatic heterocycles. The Labute approximate surface area is 136 Å². The lowest BCUT2D eigenvalue weighted by atomic mass is 10.2. The van der Waals surface area contributed by atoms with Gasteiger partial charge in [0.05, 0.1) is 6.20 Å². The average Bonchev–Trinajstić information content (AvgIpc) is 2.99. The molecule has 3 heterocycles. The minimum absolute atomic E-state index is 0.0637. The second-order valence-electron chi connectivity index (χ2n) is 5.55. The van der Waals surface area contributed by atoms with E-state index in [1.165, 1.54) is 10.8 Å². The first kappa shape index (κ1) is 15.8. The molecule has 126 valence electrons. The van der Waals surface area contributed by atoms with Crippen molar-refractivity contribution < 1.29 is 4.79 Å². The number of nitrogens with one attached hydrogen (secondary N) is 3. The van der Waals surface area contributed by atoms with Crippen molar-refractivity contribution in [2.75, 3.05) is 18.1 Å². The van der Waals surface area contributed by atoms with E-state index in [9.17, 15) is 14.4 Å². The maximum atomic E-state index is 12.5. The number of aromatic nitrogens is 3. The van der Waals surface area contributed by atoms with E-state index in [1.54, 1.807) is 19.2 Å². The Morgan fingerprint density at radius 3 is 2.96 bits per heavy atom. The third kappa shape index (κ3) is 2.75. The van der Waals surface area contributed by atoms with Gasteiger partial charge in [-0.05, 0) is 18.6 Å². The molecule has 5 N–H and O–H groups in total. The van der Waals surface area contributed by atoms with Crippen LogP contribution in [0.5, 0.6) is 0 Å². The molecule has 24 heavy (non-hydrogen) atoms. The SMILES string of the molecule is CNc1cnc2n(c1=O)C(C(=O)NCc1ccc(N)[nH]c1=O)CC2. The first-order valence-electron chi connectivity index (χ1n) is 7.55. The highest BCUT2D eigenvalue weighted by molar-refractivity contribution is 5.80. The molecule has 9 heteroatoms. The summed E-state index contributed by atoms with van der Waals surface area (Å²) in [4.78, 5) is 43.3. The number of aromatic amines is 1. The van der Waals surface area contributed by atoms with Gasteiger partial charge in [-0.2, -0.15) is 0 Å². The molecule has 0 fully saturated rings. The zero-order valence-electron chi connectivity index (χ0n) is 13.1. The summed E-state index contributed by atoms with van der Waals surface area (Å²) in [7, 11) is 1.63. The molecule has 1 aliphatic rings. The van der Waals surface area contributed by atoms with Crippen molar-refractivity contribution in [2.24, 2.45) is 0 Å². The van der Waals surface area contributed by atoms with Crippen molar-refractivity contribution in [1.29, 1.82) is 0 Å². The van der Waals surface area contributed by atoms with Gasteiger partial charge in [-0.1, -0.05) is 0 Å². The molecule has 0 spiro atoms. The Bertz CT molecular complexity index is 901. The summed E-state index contributed by atoms with van der Waals surface area (Å²) < 4.78 is 1.41. The number of hydrogen-bond donors (Lipinski definition) is 4. The molecule has 1 amide bonds. The fourth-order valence-electron chi connectivity index (χ4n) is 2.78.